The molecule has 0 saturated carbocycles. The fourth-order valence-corrected chi connectivity index (χ4v) is 5.49. The number of thiocarbonyl (C=S) groups is 1. The lowest BCUT2D eigenvalue weighted by Crippen LogP contribution is -2.52. The van der Waals surface area contributed by atoms with Crippen LogP contribution in [0.15, 0.2) is 77.4 Å². The maximum absolute atomic E-state index is 13.1. The van der Waals surface area contributed by atoms with Gasteiger partial charge in [-0.1, -0.05) is 48.6 Å². The summed E-state index contributed by atoms with van der Waals surface area (Å²) in [6.07, 6.45) is 6.31. The molecule has 0 aromatic heterocycles. The van der Waals surface area contributed by atoms with Crippen LogP contribution >= 0.6 is 12.2 Å². The van der Waals surface area contributed by atoms with Gasteiger partial charge in [0.15, 0.2) is 0 Å². The number of allylic oxidation sites excluding steroid dienone is 4. The summed E-state index contributed by atoms with van der Waals surface area (Å²) in [5.41, 5.74) is 1.67. The summed E-state index contributed by atoms with van der Waals surface area (Å²) in [5, 5.41) is 9.89. The Balaban J connectivity index is 1.49. The lowest BCUT2D eigenvalue weighted by atomic mass is 10.1. The molecule has 9 nitrogen and oxygen atoms in total. The van der Waals surface area contributed by atoms with Crippen LogP contribution in [0.25, 0.3) is 11.1 Å². The second-order valence-corrected chi connectivity index (χ2v) is 11.0. The fourth-order valence-electron chi connectivity index (χ4n) is 4.07. The van der Waals surface area contributed by atoms with E-state index in [2.05, 4.69) is 4.72 Å². The second-order valence-electron chi connectivity index (χ2n) is 8.81. The van der Waals surface area contributed by atoms with E-state index in [-0.39, 0.29) is 17.9 Å². The van der Waals surface area contributed by atoms with E-state index in [9.17, 15) is 18.3 Å². The van der Waals surface area contributed by atoms with Gasteiger partial charge in [0, 0.05) is 12.8 Å². The predicted octanol–water partition coefficient (Wildman–Crippen LogP) is 3.85. The molecule has 1 unspecified atom stereocenters. The van der Waals surface area contributed by atoms with E-state index in [0.29, 0.717) is 42.4 Å². The maximum atomic E-state index is 13.1. The molecule has 0 radical (unpaired) electrons. The van der Waals surface area contributed by atoms with Crippen molar-refractivity contribution in [1.82, 2.24) is 4.72 Å². The topological polar surface area (TPSA) is 120 Å². The fraction of sp³-hybridized carbons (Fsp3) is 0.333. The number of hydrogen-bond acceptors (Lipinski definition) is 8. The highest BCUT2D eigenvalue weighted by atomic mass is 32.2. The van der Waals surface area contributed by atoms with E-state index in [1.807, 2.05) is 36.4 Å². The van der Waals surface area contributed by atoms with Crippen molar-refractivity contribution in [3.63, 3.8) is 0 Å². The molecule has 1 heterocycles. The van der Waals surface area contributed by atoms with Gasteiger partial charge in [0.05, 0.1) is 30.1 Å². The molecule has 1 fully saturated rings. The largest absolute Gasteiger partial charge is 0.497 e. The molecule has 0 amide bonds. The lowest BCUT2D eigenvalue weighted by Gasteiger charge is -2.38. The number of sulfonamides is 1. The van der Waals surface area contributed by atoms with Crippen LogP contribution in [-0.4, -0.2) is 63.1 Å². The first-order valence-corrected chi connectivity index (χ1v) is 13.9. The first-order chi connectivity index (χ1) is 18.2. The minimum Gasteiger partial charge on any atom is -0.497 e. The summed E-state index contributed by atoms with van der Waals surface area (Å²) in [6.45, 7) is 0.492. The van der Waals surface area contributed by atoms with Gasteiger partial charge in [0.1, 0.15) is 24.2 Å². The van der Waals surface area contributed by atoms with E-state index >= 15 is 0 Å². The first-order valence-electron chi connectivity index (χ1n) is 12.0. The van der Waals surface area contributed by atoms with E-state index in [1.54, 1.807) is 25.3 Å². The van der Waals surface area contributed by atoms with E-state index in [4.69, 9.17) is 31.2 Å². The van der Waals surface area contributed by atoms with Crippen molar-refractivity contribution in [2.75, 3.05) is 26.9 Å². The van der Waals surface area contributed by atoms with Crippen LogP contribution in [-0.2, 0) is 29.0 Å². The molecule has 2 aromatic rings. The molecule has 1 aliphatic carbocycles. The molecular formula is C27H29NO8S2. The zero-order chi connectivity index (χ0) is 27.2. The number of ether oxygens (including phenoxy) is 4. The van der Waals surface area contributed by atoms with E-state index in [1.165, 1.54) is 12.1 Å². The van der Waals surface area contributed by atoms with Crippen LogP contribution in [0.3, 0.4) is 0 Å². The Morgan fingerprint density at radius 2 is 1.74 bits per heavy atom. The molecule has 2 aromatic carbocycles. The number of carbonyl (C=O) groups is 1. The highest BCUT2D eigenvalue weighted by Crippen LogP contribution is 2.28. The minimum absolute atomic E-state index is 0.0683. The SMILES string of the molecule is COc1ccc(-c2ccc(S(=O)(=O)NC(CC3(COC4=CC=CCC4=S)OCCCO3)C(=O)O)cc2)cc1. The van der Waals surface area contributed by atoms with Crippen molar-refractivity contribution in [2.45, 2.75) is 36.0 Å². The summed E-state index contributed by atoms with van der Waals surface area (Å²) >= 11 is 5.32. The molecule has 11 heteroatoms. The summed E-state index contributed by atoms with van der Waals surface area (Å²) in [7, 11) is -2.60. The van der Waals surface area contributed by atoms with Crippen molar-refractivity contribution in [3.8, 4) is 16.9 Å². The van der Waals surface area contributed by atoms with Gasteiger partial charge in [-0.25, -0.2) is 8.42 Å². The Labute approximate surface area is 227 Å². The number of benzene rings is 2. The number of carboxylic acid groups (broad SMARTS) is 1. The molecular weight excluding hydrogens is 530 g/mol. The third-order valence-corrected chi connectivity index (χ3v) is 7.98. The molecule has 1 aliphatic heterocycles. The van der Waals surface area contributed by atoms with Gasteiger partial charge in [-0.2, -0.15) is 4.72 Å². The monoisotopic (exact) mass is 559 g/mol. The van der Waals surface area contributed by atoms with Crippen LogP contribution in [0.4, 0.5) is 0 Å². The first kappa shape index (κ1) is 27.9. The second kappa shape index (κ2) is 12.2. The van der Waals surface area contributed by atoms with Gasteiger partial charge in [-0.15, -0.1) is 0 Å². The number of aliphatic carboxylic acids is 1. The zero-order valence-corrected chi connectivity index (χ0v) is 22.4. The maximum Gasteiger partial charge on any atom is 0.321 e. The smallest absolute Gasteiger partial charge is 0.321 e. The summed E-state index contributed by atoms with van der Waals surface area (Å²) in [6, 6.07) is 12.0. The summed E-state index contributed by atoms with van der Waals surface area (Å²) < 4.78 is 51.2. The molecule has 4 rings (SSSR count). The molecule has 0 spiro atoms. The van der Waals surface area contributed by atoms with Gasteiger partial charge in [0.25, 0.3) is 0 Å². The molecule has 38 heavy (non-hydrogen) atoms. The quantitative estimate of drug-likeness (QED) is 0.396. The molecule has 2 N–H and O–H groups in total. The van der Waals surface area contributed by atoms with Crippen LogP contribution in [0.1, 0.15) is 19.3 Å². The molecule has 1 saturated heterocycles. The lowest BCUT2D eigenvalue weighted by molar-refractivity contribution is -0.287. The van der Waals surface area contributed by atoms with Crippen LogP contribution in [0.2, 0.25) is 0 Å². The molecule has 1 atom stereocenters. The third kappa shape index (κ3) is 6.86. The van der Waals surface area contributed by atoms with Gasteiger partial charge in [-0.05, 0) is 47.9 Å². The minimum atomic E-state index is -4.18. The average molecular weight is 560 g/mol. The van der Waals surface area contributed by atoms with Crippen molar-refractivity contribution >= 4 is 33.1 Å². The van der Waals surface area contributed by atoms with E-state index < -0.39 is 27.8 Å². The predicted molar refractivity (Wildman–Crippen MR) is 144 cm³/mol. The normalized spacial score (nSPS) is 17.9. The van der Waals surface area contributed by atoms with Crippen molar-refractivity contribution in [1.29, 1.82) is 0 Å². The summed E-state index contributed by atoms with van der Waals surface area (Å²) in [4.78, 5) is 12.7. The number of rotatable bonds is 11. The Kier molecular flexibility index (Phi) is 8.95. The Morgan fingerprint density at radius 1 is 1.11 bits per heavy atom. The van der Waals surface area contributed by atoms with E-state index in [0.717, 1.165) is 11.1 Å². The highest BCUT2D eigenvalue weighted by Gasteiger charge is 2.42. The molecule has 202 valence electrons. The summed E-state index contributed by atoms with van der Waals surface area (Å²) in [5.74, 6) is -1.64. The molecule has 2 aliphatic rings. The van der Waals surface area contributed by atoms with Gasteiger partial charge in [-0.3, -0.25) is 4.79 Å². The average Bonchev–Trinajstić information content (AvgIpc) is 2.93. The van der Waals surface area contributed by atoms with Crippen LogP contribution in [0.5, 0.6) is 5.75 Å². The standard InChI is InChI=1S/C27H29NO8S2/c1-33-21-11-7-19(8-12-21)20-9-13-22(14-10-20)38(31,32)28-23(26(29)30)17-27(35-15-4-16-36-27)18-34-24-5-2-3-6-25(24)37/h2-3,5,7-14,23,28H,4,6,15-18H2,1H3,(H,29,30). The Bertz CT molecular complexity index is 1310. The van der Waals surface area contributed by atoms with Gasteiger partial charge in [0.2, 0.25) is 15.8 Å². The number of methoxy groups -OCH3 is 1. The third-order valence-electron chi connectivity index (χ3n) is 6.13. The van der Waals surface area contributed by atoms with Gasteiger partial charge < -0.3 is 24.1 Å². The van der Waals surface area contributed by atoms with Crippen molar-refractivity contribution in [3.05, 3.63) is 72.5 Å². The Hall–Kier alpha value is -3.09. The highest BCUT2D eigenvalue weighted by molar-refractivity contribution is 7.89. The zero-order valence-electron chi connectivity index (χ0n) is 20.8. The molecule has 0 bridgehead atoms. The van der Waals surface area contributed by atoms with Crippen molar-refractivity contribution in [2.24, 2.45) is 0 Å². The van der Waals surface area contributed by atoms with Crippen LogP contribution < -0.4 is 9.46 Å². The van der Waals surface area contributed by atoms with Crippen molar-refractivity contribution < 1.29 is 37.3 Å². The van der Waals surface area contributed by atoms with Crippen LogP contribution in [0, 0.1) is 0 Å². The Morgan fingerprint density at radius 3 is 2.32 bits per heavy atom. The number of hydrogen-bond donors (Lipinski definition) is 2. The number of nitrogens with one attached hydrogen (secondary N) is 1. The van der Waals surface area contributed by atoms with Gasteiger partial charge >= 0.3 is 5.97 Å². The number of carboxylic acids is 1.